The van der Waals surface area contributed by atoms with Crippen LogP contribution in [0, 0.1) is 6.92 Å². The van der Waals surface area contributed by atoms with Crippen LogP contribution >= 0.6 is 15.9 Å². The number of anilines is 1. The third-order valence-electron chi connectivity index (χ3n) is 4.42. The number of nitrogens with one attached hydrogen (secondary N) is 1. The lowest BCUT2D eigenvalue weighted by molar-refractivity contribution is 0.174. The Morgan fingerprint density at radius 1 is 1.17 bits per heavy atom. The molecule has 2 amide bonds. The molecule has 2 aliphatic rings. The zero-order valence-electron chi connectivity index (χ0n) is 13.3. The van der Waals surface area contributed by atoms with Gasteiger partial charge in [0.25, 0.3) is 0 Å². The topological polar surface area (TPSA) is 50.8 Å². The monoisotopic (exact) mass is 388 g/mol. The Labute approximate surface area is 148 Å². The van der Waals surface area contributed by atoms with Crippen LogP contribution in [-0.2, 0) is 13.0 Å². The molecule has 0 spiro atoms. The first-order chi connectivity index (χ1) is 11.6. The second-order valence-electron chi connectivity index (χ2n) is 6.04. The molecule has 0 aliphatic carbocycles. The first-order valence-corrected chi connectivity index (χ1v) is 8.63. The van der Waals surface area contributed by atoms with Crippen molar-refractivity contribution in [2.45, 2.75) is 19.9 Å². The quantitative estimate of drug-likeness (QED) is 0.800. The van der Waals surface area contributed by atoms with E-state index >= 15 is 0 Å². The molecule has 5 nitrogen and oxygen atoms in total. The summed E-state index contributed by atoms with van der Waals surface area (Å²) >= 11 is 3.49. The summed E-state index contributed by atoms with van der Waals surface area (Å²) in [5, 5.41) is 2.96. The van der Waals surface area contributed by atoms with E-state index in [1.807, 2.05) is 42.2 Å². The van der Waals surface area contributed by atoms with Gasteiger partial charge in [0, 0.05) is 23.2 Å². The molecule has 0 saturated carbocycles. The zero-order valence-corrected chi connectivity index (χ0v) is 14.9. The highest BCUT2D eigenvalue weighted by atomic mass is 79.9. The molecule has 0 aromatic heterocycles. The first-order valence-electron chi connectivity index (χ1n) is 7.83. The number of benzene rings is 2. The minimum absolute atomic E-state index is 0.0888. The predicted octanol–water partition coefficient (Wildman–Crippen LogP) is 4.08. The van der Waals surface area contributed by atoms with E-state index < -0.39 is 0 Å². The average molecular weight is 389 g/mol. The van der Waals surface area contributed by atoms with E-state index in [4.69, 9.17) is 9.47 Å². The molecule has 0 fully saturated rings. The molecule has 1 N–H and O–H groups in total. The lowest BCUT2D eigenvalue weighted by Gasteiger charge is -2.29. The van der Waals surface area contributed by atoms with E-state index in [0.29, 0.717) is 13.1 Å². The molecule has 0 saturated heterocycles. The second kappa shape index (κ2) is 6.02. The maximum atomic E-state index is 12.6. The Kier molecular flexibility index (Phi) is 3.84. The molecule has 124 valence electrons. The Bertz CT molecular complexity index is 822. The van der Waals surface area contributed by atoms with Gasteiger partial charge in [-0.2, -0.15) is 0 Å². The van der Waals surface area contributed by atoms with Gasteiger partial charge in [-0.3, -0.25) is 0 Å². The number of carbonyl (C=O) groups is 1. The van der Waals surface area contributed by atoms with Crippen molar-refractivity contribution in [3.63, 3.8) is 0 Å². The van der Waals surface area contributed by atoms with Gasteiger partial charge in [-0.1, -0.05) is 22.0 Å². The van der Waals surface area contributed by atoms with Gasteiger partial charge in [0.1, 0.15) is 0 Å². The third-order valence-corrected chi connectivity index (χ3v) is 5.27. The summed E-state index contributed by atoms with van der Waals surface area (Å²) in [4.78, 5) is 14.4. The fourth-order valence-corrected chi connectivity index (χ4v) is 3.37. The molecular weight excluding hydrogens is 372 g/mol. The van der Waals surface area contributed by atoms with E-state index in [9.17, 15) is 4.79 Å². The van der Waals surface area contributed by atoms with Crippen LogP contribution in [0.25, 0.3) is 0 Å². The average Bonchev–Trinajstić information content (AvgIpc) is 3.02. The summed E-state index contributed by atoms with van der Waals surface area (Å²) in [5.41, 5.74) is 4.26. The van der Waals surface area contributed by atoms with Crippen LogP contribution in [0.4, 0.5) is 10.5 Å². The number of hydrogen-bond donors (Lipinski definition) is 1. The number of rotatable bonds is 1. The number of hydrogen-bond acceptors (Lipinski definition) is 3. The second-order valence-corrected chi connectivity index (χ2v) is 6.89. The number of urea groups is 1. The van der Waals surface area contributed by atoms with Crippen LogP contribution in [0.2, 0.25) is 0 Å². The van der Waals surface area contributed by atoms with Crippen molar-refractivity contribution in [2.24, 2.45) is 0 Å². The number of aryl methyl sites for hydroxylation is 1. The summed E-state index contributed by atoms with van der Waals surface area (Å²) in [6.45, 7) is 3.54. The smallest absolute Gasteiger partial charge is 0.322 e. The Morgan fingerprint density at radius 2 is 1.92 bits per heavy atom. The van der Waals surface area contributed by atoms with Gasteiger partial charge in [-0.15, -0.1) is 0 Å². The highest BCUT2D eigenvalue weighted by Crippen LogP contribution is 2.36. The molecule has 2 aromatic rings. The fourth-order valence-electron chi connectivity index (χ4n) is 2.99. The largest absolute Gasteiger partial charge is 0.454 e. The van der Waals surface area contributed by atoms with Gasteiger partial charge in [-0.25, -0.2) is 4.79 Å². The van der Waals surface area contributed by atoms with Gasteiger partial charge < -0.3 is 19.7 Å². The van der Waals surface area contributed by atoms with Crippen LogP contribution < -0.4 is 14.8 Å². The van der Waals surface area contributed by atoms with Gasteiger partial charge in [0.15, 0.2) is 11.5 Å². The molecular formula is C18H17BrN2O3. The number of ether oxygens (including phenoxy) is 2. The van der Waals surface area contributed by atoms with E-state index in [2.05, 4.69) is 21.2 Å². The van der Waals surface area contributed by atoms with E-state index in [-0.39, 0.29) is 12.8 Å². The lowest BCUT2D eigenvalue weighted by Crippen LogP contribution is -2.38. The van der Waals surface area contributed by atoms with Crippen LogP contribution in [-0.4, -0.2) is 24.3 Å². The van der Waals surface area contributed by atoms with Gasteiger partial charge in [0.2, 0.25) is 6.79 Å². The van der Waals surface area contributed by atoms with Crippen molar-refractivity contribution in [1.29, 1.82) is 0 Å². The van der Waals surface area contributed by atoms with E-state index in [0.717, 1.165) is 39.2 Å². The number of nitrogens with zero attached hydrogens (tertiary/aromatic N) is 1. The van der Waals surface area contributed by atoms with Crippen LogP contribution in [0.3, 0.4) is 0 Å². The number of fused-ring (bicyclic) bond motifs is 2. The Morgan fingerprint density at radius 3 is 2.67 bits per heavy atom. The maximum Gasteiger partial charge on any atom is 0.322 e. The minimum atomic E-state index is -0.0888. The predicted molar refractivity (Wildman–Crippen MR) is 94.6 cm³/mol. The minimum Gasteiger partial charge on any atom is -0.454 e. The van der Waals surface area contributed by atoms with Gasteiger partial charge in [0.05, 0.1) is 0 Å². The van der Waals surface area contributed by atoms with Crippen molar-refractivity contribution in [3.8, 4) is 11.5 Å². The molecule has 0 radical (unpaired) electrons. The molecule has 0 unspecified atom stereocenters. The van der Waals surface area contributed by atoms with E-state index in [1.165, 1.54) is 5.56 Å². The molecule has 0 bridgehead atoms. The summed E-state index contributed by atoms with van der Waals surface area (Å²) in [7, 11) is 0. The number of carbonyl (C=O) groups excluding carboxylic acids is 1. The molecule has 2 aliphatic heterocycles. The van der Waals surface area contributed by atoms with Crippen molar-refractivity contribution in [2.75, 3.05) is 18.7 Å². The standard InChI is InChI=1S/C18H17BrN2O3/c1-11-2-3-14(8-15(11)19)20-18(22)21-5-4-12-6-16-17(24-10-23-16)7-13(12)9-21/h2-3,6-8H,4-5,9-10H2,1H3,(H,20,22). The molecule has 6 heteroatoms. The lowest BCUT2D eigenvalue weighted by atomic mass is 9.99. The first kappa shape index (κ1) is 15.3. The van der Waals surface area contributed by atoms with Crippen LogP contribution in [0.5, 0.6) is 11.5 Å². The third kappa shape index (κ3) is 2.82. The van der Waals surface area contributed by atoms with Gasteiger partial charge >= 0.3 is 6.03 Å². The molecule has 2 heterocycles. The summed E-state index contributed by atoms with van der Waals surface area (Å²) in [6, 6.07) is 9.74. The van der Waals surface area contributed by atoms with Crippen molar-refractivity contribution < 1.29 is 14.3 Å². The van der Waals surface area contributed by atoms with Gasteiger partial charge in [-0.05, 0) is 54.3 Å². The summed E-state index contributed by atoms with van der Waals surface area (Å²) < 4.78 is 11.8. The molecule has 0 atom stereocenters. The summed E-state index contributed by atoms with van der Waals surface area (Å²) in [5.74, 6) is 1.56. The molecule has 4 rings (SSSR count). The molecule has 24 heavy (non-hydrogen) atoms. The maximum absolute atomic E-state index is 12.6. The highest BCUT2D eigenvalue weighted by Gasteiger charge is 2.24. The van der Waals surface area contributed by atoms with Crippen molar-refractivity contribution >= 4 is 27.6 Å². The van der Waals surface area contributed by atoms with E-state index in [1.54, 1.807) is 0 Å². The SMILES string of the molecule is Cc1ccc(NC(=O)N2CCc3cc4c(cc3C2)OCO4)cc1Br. The Hall–Kier alpha value is -2.21. The normalized spacial score (nSPS) is 15.2. The zero-order chi connectivity index (χ0) is 16.7. The number of amides is 2. The van der Waals surface area contributed by atoms with Crippen LogP contribution in [0.15, 0.2) is 34.8 Å². The van der Waals surface area contributed by atoms with Crippen LogP contribution in [0.1, 0.15) is 16.7 Å². The Balaban J connectivity index is 1.49. The highest BCUT2D eigenvalue weighted by molar-refractivity contribution is 9.10. The molecule has 2 aromatic carbocycles. The van der Waals surface area contributed by atoms with Crippen molar-refractivity contribution in [1.82, 2.24) is 4.90 Å². The van der Waals surface area contributed by atoms with Crippen molar-refractivity contribution in [3.05, 3.63) is 51.5 Å². The fraction of sp³-hybridized carbons (Fsp3) is 0.278. The summed E-state index contributed by atoms with van der Waals surface area (Å²) in [6.07, 6.45) is 0.816. The number of halogens is 1.